The number of aromatic amines is 2. The van der Waals surface area contributed by atoms with Crippen molar-refractivity contribution >= 4 is 87.7 Å². The summed E-state index contributed by atoms with van der Waals surface area (Å²) in [4.78, 5) is 14.6. The number of H-pyrrole nitrogens is 2. The SMILES string of the molecule is CCOC(=S)[S-].Nc1cc2c(cc1N)N=CC2.S=c1[nH]c2cc3c(cc2[nH]1)N=CC3.[K+]. The molecule has 0 spiro atoms. The quantitative estimate of drug-likeness (QED) is 0.175. The van der Waals surface area contributed by atoms with E-state index in [2.05, 4.69) is 55.6 Å². The molecule has 2 aromatic carbocycles. The number of imidazole rings is 1. The van der Waals surface area contributed by atoms with Crippen molar-refractivity contribution in [1.29, 1.82) is 0 Å². The van der Waals surface area contributed by atoms with Crippen LogP contribution in [0.4, 0.5) is 22.7 Å². The molecule has 11 heteroatoms. The first-order valence-corrected chi connectivity index (χ1v) is 10.4. The Balaban J connectivity index is 0.000000174. The fourth-order valence-electron chi connectivity index (χ4n) is 2.95. The molecule has 5 rings (SSSR count). The van der Waals surface area contributed by atoms with Crippen LogP contribution < -0.4 is 62.9 Å². The Hall–Kier alpha value is -1.18. The van der Waals surface area contributed by atoms with Crippen molar-refractivity contribution in [3.8, 4) is 0 Å². The molecule has 0 saturated heterocycles. The second-order valence-electron chi connectivity index (χ2n) is 6.43. The maximum Gasteiger partial charge on any atom is 1.00 e. The Labute approximate surface area is 239 Å². The first kappa shape index (κ1) is 26.1. The third kappa shape index (κ3) is 7.16. The van der Waals surface area contributed by atoms with Gasteiger partial charge in [-0.2, -0.15) is 0 Å². The molecule has 0 radical (unpaired) electrons. The predicted molar refractivity (Wildman–Crippen MR) is 134 cm³/mol. The molecule has 0 bridgehead atoms. The van der Waals surface area contributed by atoms with Gasteiger partial charge in [0.25, 0.3) is 0 Å². The van der Waals surface area contributed by atoms with E-state index in [9.17, 15) is 0 Å². The van der Waals surface area contributed by atoms with E-state index >= 15 is 0 Å². The number of ether oxygens (including phenoxy) is 1. The predicted octanol–water partition coefficient (Wildman–Crippen LogP) is 1.45. The minimum absolute atomic E-state index is 0. The molecule has 0 atom stereocenters. The van der Waals surface area contributed by atoms with Gasteiger partial charge in [0.05, 0.1) is 40.4 Å². The van der Waals surface area contributed by atoms with Gasteiger partial charge in [0, 0.05) is 29.7 Å². The van der Waals surface area contributed by atoms with Crippen molar-refractivity contribution < 1.29 is 56.1 Å². The molecule has 31 heavy (non-hydrogen) atoms. The number of nitrogen functional groups attached to an aromatic ring is 2. The Bertz CT molecular complexity index is 1200. The van der Waals surface area contributed by atoms with E-state index in [1.807, 2.05) is 37.6 Å². The molecule has 3 aromatic rings. The summed E-state index contributed by atoms with van der Waals surface area (Å²) in [5.41, 5.74) is 19.0. The van der Waals surface area contributed by atoms with Gasteiger partial charge in [-0.05, 0) is 54.5 Å². The molecule has 7 nitrogen and oxygen atoms in total. The van der Waals surface area contributed by atoms with E-state index in [4.69, 9.17) is 23.7 Å². The molecule has 1 aromatic heterocycles. The number of anilines is 2. The summed E-state index contributed by atoms with van der Waals surface area (Å²) in [6.45, 7) is 2.43. The van der Waals surface area contributed by atoms with Gasteiger partial charge in [-0.25, -0.2) is 0 Å². The summed E-state index contributed by atoms with van der Waals surface area (Å²) in [5, 5.41) is 0. The first-order chi connectivity index (χ1) is 14.4. The molecular formula is C20H21KN6OS3. The maximum absolute atomic E-state index is 5.61. The van der Waals surface area contributed by atoms with E-state index in [1.165, 1.54) is 5.56 Å². The van der Waals surface area contributed by atoms with Gasteiger partial charge in [0.15, 0.2) is 4.77 Å². The number of nitrogens with two attached hydrogens (primary N) is 2. The molecule has 0 amide bonds. The first-order valence-electron chi connectivity index (χ1n) is 9.19. The molecule has 0 aliphatic carbocycles. The van der Waals surface area contributed by atoms with E-state index < -0.39 is 0 Å². The number of thiocarbonyl (C=S) groups is 1. The van der Waals surface area contributed by atoms with Crippen LogP contribution in [0.25, 0.3) is 11.0 Å². The summed E-state index contributed by atoms with van der Waals surface area (Å²) in [7, 11) is 0. The van der Waals surface area contributed by atoms with E-state index in [-0.39, 0.29) is 55.8 Å². The van der Waals surface area contributed by atoms with Crippen molar-refractivity contribution in [1.82, 2.24) is 9.97 Å². The number of fused-ring (bicyclic) bond motifs is 3. The zero-order valence-electron chi connectivity index (χ0n) is 17.3. The topological polar surface area (TPSA) is 118 Å². The molecule has 2 aliphatic heterocycles. The van der Waals surface area contributed by atoms with Crippen LogP contribution in [0, 0.1) is 4.77 Å². The fraction of sp³-hybridized carbons (Fsp3) is 0.200. The zero-order chi connectivity index (χ0) is 21.7. The average Bonchev–Trinajstić information content (AvgIpc) is 3.39. The van der Waals surface area contributed by atoms with Crippen LogP contribution in [-0.2, 0) is 30.2 Å². The molecule has 3 heterocycles. The second kappa shape index (κ2) is 12.2. The third-order valence-corrected chi connectivity index (χ3v) is 4.78. The normalized spacial score (nSPS) is 12.0. The third-order valence-electron chi connectivity index (χ3n) is 4.34. The van der Waals surface area contributed by atoms with Gasteiger partial charge in [-0.3, -0.25) is 9.98 Å². The summed E-state index contributed by atoms with van der Waals surface area (Å²) in [6, 6.07) is 7.83. The van der Waals surface area contributed by atoms with E-state index in [0.29, 0.717) is 22.8 Å². The number of aromatic nitrogens is 2. The Morgan fingerprint density at radius 2 is 1.52 bits per heavy atom. The number of nitrogens with one attached hydrogen (secondary N) is 2. The Morgan fingerprint density at radius 1 is 1.00 bits per heavy atom. The number of benzene rings is 2. The van der Waals surface area contributed by atoms with Crippen molar-refractivity contribution in [2.45, 2.75) is 19.8 Å². The molecule has 0 saturated carbocycles. The van der Waals surface area contributed by atoms with Crippen LogP contribution in [0.3, 0.4) is 0 Å². The van der Waals surface area contributed by atoms with Crippen LogP contribution >= 0.6 is 24.4 Å². The molecular weight excluding hydrogens is 476 g/mol. The van der Waals surface area contributed by atoms with Gasteiger partial charge in [-0.15, -0.1) is 0 Å². The fourth-order valence-corrected chi connectivity index (χ4v) is 3.41. The van der Waals surface area contributed by atoms with Crippen LogP contribution in [0.2, 0.25) is 0 Å². The molecule has 0 unspecified atom stereocenters. The summed E-state index contributed by atoms with van der Waals surface area (Å²) in [6.07, 6.45) is 5.60. The monoisotopic (exact) mass is 496 g/mol. The number of rotatable bonds is 1. The van der Waals surface area contributed by atoms with Gasteiger partial charge in [0.2, 0.25) is 0 Å². The molecule has 156 valence electrons. The standard InChI is InChI=1S/C9H7N3S.C8H9N3.C3H6OS2.K/c13-9-11-7-3-5-1-2-10-6(5)4-8(7)12-9;9-6-3-5-1-2-11-8(5)4-7(6)10;1-2-4-3(5)6;/h2-4H,1H2,(H2,11,12,13);2-4H,1,9-10H2;2H2,1H3,(H,5,6);/q;;;+1/p-1. The summed E-state index contributed by atoms with van der Waals surface area (Å²) < 4.78 is 5.46. The second-order valence-corrected chi connectivity index (χ2v) is 7.84. The number of hydrogen-bond donors (Lipinski definition) is 4. The Morgan fingerprint density at radius 3 is 2.06 bits per heavy atom. The van der Waals surface area contributed by atoms with Crippen molar-refractivity contribution in [3.05, 3.63) is 40.2 Å². The minimum Gasteiger partial charge on any atom is -0.514 e. The molecule has 0 fully saturated rings. The molecule has 6 N–H and O–H groups in total. The van der Waals surface area contributed by atoms with Crippen molar-refractivity contribution in [2.75, 3.05) is 18.1 Å². The van der Waals surface area contributed by atoms with Gasteiger partial charge in [0.1, 0.15) is 0 Å². The van der Waals surface area contributed by atoms with E-state index in [0.717, 1.165) is 40.8 Å². The van der Waals surface area contributed by atoms with Gasteiger partial charge >= 0.3 is 51.4 Å². The average molecular weight is 497 g/mol. The van der Waals surface area contributed by atoms with Gasteiger partial charge in [-0.1, -0.05) is 0 Å². The van der Waals surface area contributed by atoms with Crippen molar-refractivity contribution in [2.24, 2.45) is 9.98 Å². The number of aliphatic imine (C=N–C) groups is 2. The van der Waals surface area contributed by atoms with Crippen LogP contribution in [0.1, 0.15) is 18.1 Å². The van der Waals surface area contributed by atoms with Gasteiger partial charge < -0.3 is 51.0 Å². The van der Waals surface area contributed by atoms with Crippen LogP contribution in [-0.4, -0.2) is 33.4 Å². The Kier molecular flexibility index (Phi) is 10.2. The summed E-state index contributed by atoms with van der Waals surface area (Å²) in [5.74, 6) is 0. The number of hydrogen-bond acceptors (Lipinski definition) is 8. The smallest absolute Gasteiger partial charge is 0.514 e. The maximum atomic E-state index is 5.61. The zero-order valence-corrected chi connectivity index (χ0v) is 22.8. The van der Waals surface area contributed by atoms with Crippen molar-refractivity contribution in [3.63, 3.8) is 0 Å². The molecule has 2 aliphatic rings. The largest absolute Gasteiger partial charge is 1.00 e. The minimum atomic E-state index is 0. The van der Waals surface area contributed by atoms with Crippen LogP contribution in [0.5, 0.6) is 0 Å². The van der Waals surface area contributed by atoms with Crippen LogP contribution in [0.15, 0.2) is 34.3 Å². The van der Waals surface area contributed by atoms with E-state index in [1.54, 1.807) is 0 Å². The number of nitrogens with zero attached hydrogens (tertiary/aromatic N) is 2. The summed E-state index contributed by atoms with van der Waals surface area (Å²) >= 11 is 13.8.